The highest BCUT2D eigenvalue weighted by Gasteiger charge is 2.06. The van der Waals surface area contributed by atoms with Gasteiger partial charge in [0.05, 0.1) is 6.33 Å². The van der Waals surface area contributed by atoms with Crippen molar-refractivity contribution in [3.63, 3.8) is 0 Å². The molecule has 7 nitrogen and oxygen atoms in total. The van der Waals surface area contributed by atoms with Crippen LogP contribution in [0.2, 0.25) is 0 Å². The van der Waals surface area contributed by atoms with E-state index in [1.165, 1.54) is 23.2 Å². The van der Waals surface area contributed by atoms with Crippen LogP contribution in [0.5, 0.6) is 0 Å². The monoisotopic (exact) mass is 225 g/mol. The minimum atomic E-state index is -0.988. The number of anilines is 1. The molecule has 0 fully saturated rings. The first kappa shape index (κ1) is 11.8. The molecule has 0 aliphatic carbocycles. The molecule has 2 N–H and O–H groups in total. The summed E-state index contributed by atoms with van der Waals surface area (Å²) in [7, 11) is 0. The zero-order chi connectivity index (χ0) is 12.0. The lowest BCUT2D eigenvalue weighted by Gasteiger charge is -2.01. The van der Waals surface area contributed by atoms with Crippen LogP contribution in [0, 0.1) is 0 Å². The second kappa shape index (κ2) is 5.54. The van der Waals surface area contributed by atoms with Crippen LogP contribution in [0.25, 0.3) is 0 Å². The molecule has 1 amide bonds. The van der Waals surface area contributed by atoms with Crippen molar-refractivity contribution in [1.29, 1.82) is 0 Å². The first-order valence-electron chi connectivity index (χ1n) is 4.40. The summed E-state index contributed by atoms with van der Waals surface area (Å²) in [5.74, 6) is -0.756. The van der Waals surface area contributed by atoms with Crippen molar-refractivity contribution in [1.82, 2.24) is 9.55 Å². The Morgan fingerprint density at radius 3 is 3.06 bits per heavy atom. The molecule has 0 spiro atoms. The Hall–Kier alpha value is -2.31. The molecule has 0 unspecified atom stereocenters. The number of hydrogen-bond donors (Lipinski definition) is 2. The molecule has 0 aliphatic heterocycles. The van der Waals surface area contributed by atoms with Crippen molar-refractivity contribution in [3.8, 4) is 0 Å². The van der Waals surface area contributed by atoms with Gasteiger partial charge in [-0.3, -0.25) is 10.1 Å². The van der Waals surface area contributed by atoms with E-state index in [-0.39, 0.29) is 19.0 Å². The maximum Gasteiger partial charge on any atom is 0.413 e. The van der Waals surface area contributed by atoms with E-state index in [1.54, 1.807) is 0 Å². The van der Waals surface area contributed by atoms with Crippen molar-refractivity contribution in [3.05, 3.63) is 25.2 Å². The molecular weight excluding hydrogens is 214 g/mol. The zero-order valence-corrected chi connectivity index (χ0v) is 8.42. The van der Waals surface area contributed by atoms with Crippen LogP contribution in [0.4, 0.5) is 10.6 Å². The smallest absolute Gasteiger partial charge is 0.413 e. The average molecular weight is 225 g/mol. The maximum atomic E-state index is 11.1. The van der Waals surface area contributed by atoms with Crippen molar-refractivity contribution in [2.75, 3.05) is 11.9 Å². The Kier molecular flexibility index (Phi) is 4.07. The minimum Gasteiger partial charge on any atom is -0.480 e. The molecule has 1 aromatic rings. The van der Waals surface area contributed by atoms with Crippen molar-refractivity contribution >= 4 is 17.9 Å². The van der Waals surface area contributed by atoms with E-state index in [0.29, 0.717) is 0 Å². The summed E-state index contributed by atoms with van der Waals surface area (Å²) in [4.78, 5) is 25.2. The van der Waals surface area contributed by atoms with Crippen LogP contribution in [0.15, 0.2) is 25.2 Å². The third kappa shape index (κ3) is 3.82. The molecule has 16 heavy (non-hydrogen) atoms. The Balaban J connectivity index is 2.48. The number of aliphatic carboxylic acids is 1. The highest BCUT2D eigenvalue weighted by molar-refractivity contribution is 5.83. The van der Waals surface area contributed by atoms with Gasteiger partial charge in [0, 0.05) is 6.20 Å². The molecule has 0 saturated carbocycles. The molecule has 1 rings (SSSR count). The van der Waals surface area contributed by atoms with Gasteiger partial charge >= 0.3 is 12.1 Å². The van der Waals surface area contributed by atoms with Crippen LogP contribution in [-0.2, 0) is 16.1 Å². The summed E-state index contributed by atoms with van der Waals surface area (Å²) in [6.07, 6.45) is 3.46. The Morgan fingerprint density at radius 2 is 2.44 bits per heavy atom. The molecule has 1 heterocycles. The van der Waals surface area contributed by atoms with Crippen LogP contribution >= 0.6 is 0 Å². The van der Waals surface area contributed by atoms with E-state index in [4.69, 9.17) is 5.11 Å². The molecule has 0 atom stereocenters. The third-order valence-electron chi connectivity index (χ3n) is 1.51. The normalized spacial score (nSPS) is 9.50. The molecule has 86 valence electrons. The lowest BCUT2D eigenvalue weighted by atomic mass is 10.6. The van der Waals surface area contributed by atoms with E-state index in [9.17, 15) is 9.59 Å². The standard InChI is InChI=1S/C9H11N3O4/c1-2-3-16-9(15)11-7-4-12(6-10-7)5-8(13)14/h2,4,6H,1,3,5H2,(H,11,15)(H,13,14). The van der Waals surface area contributed by atoms with E-state index in [2.05, 4.69) is 21.6 Å². The van der Waals surface area contributed by atoms with E-state index >= 15 is 0 Å². The van der Waals surface area contributed by atoms with Crippen molar-refractivity contribution < 1.29 is 19.4 Å². The predicted molar refractivity (Wildman–Crippen MR) is 55.0 cm³/mol. The van der Waals surface area contributed by atoms with Gasteiger partial charge in [-0.05, 0) is 0 Å². The lowest BCUT2D eigenvalue weighted by Crippen LogP contribution is -2.13. The number of amides is 1. The number of nitrogens with one attached hydrogen (secondary N) is 1. The molecule has 1 aromatic heterocycles. The average Bonchev–Trinajstić information content (AvgIpc) is 2.61. The summed E-state index contributed by atoms with van der Waals surface area (Å²) in [5.41, 5.74) is 0. The number of aromatic nitrogens is 2. The first-order valence-corrected chi connectivity index (χ1v) is 4.40. The number of carboxylic acids is 1. The van der Waals surface area contributed by atoms with Gasteiger partial charge in [0.2, 0.25) is 0 Å². The summed E-state index contributed by atoms with van der Waals surface area (Å²) in [5, 5.41) is 10.8. The van der Waals surface area contributed by atoms with Crippen molar-refractivity contribution in [2.45, 2.75) is 6.54 Å². The molecule has 0 aliphatic rings. The number of nitrogens with zero attached hydrogens (tertiary/aromatic N) is 2. The van der Waals surface area contributed by atoms with Gasteiger partial charge in [0.15, 0.2) is 5.82 Å². The van der Waals surface area contributed by atoms with Crippen LogP contribution in [-0.4, -0.2) is 33.3 Å². The maximum absolute atomic E-state index is 11.1. The van der Waals surface area contributed by atoms with E-state index < -0.39 is 12.1 Å². The van der Waals surface area contributed by atoms with Crippen LogP contribution in [0.3, 0.4) is 0 Å². The topological polar surface area (TPSA) is 93.5 Å². The number of hydrogen-bond acceptors (Lipinski definition) is 4. The number of imidazole rings is 1. The van der Waals surface area contributed by atoms with E-state index in [0.717, 1.165) is 0 Å². The molecule has 0 bridgehead atoms. The fourth-order valence-electron chi connectivity index (χ4n) is 0.943. The second-order valence-electron chi connectivity index (χ2n) is 2.84. The first-order chi connectivity index (χ1) is 7.61. The number of ether oxygens (including phenoxy) is 1. The van der Waals surface area contributed by atoms with Gasteiger partial charge in [0.25, 0.3) is 0 Å². The predicted octanol–water partition coefficient (Wildman–Crippen LogP) is 0.702. The van der Waals surface area contributed by atoms with Gasteiger partial charge in [-0.15, -0.1) is 0 Å². The molecule has 0 radical (unpaired) electrons. The fraction of sp³-hybridized carbons (Fsp3) is 0.222. The molecule has 0 aromatic carbocycles. The Morgan fingerprint density at radius 1 is 1.69 bits per heavy atom. The van der Waals surface area contributed by atoms with Gasteiger partial charge < -0.3 is 14.4 Å². The highest BCUT2D eigenvalue weighted by atomic mass is 16.5. The second-order valence-corrected chi connectivity index (χ2v) is 2.84. The molecule has 7 heteroatoms. The summed E-state index contributed by atoms with van der Waals surface area (Å²) >= 11 is 0. The van der Waals surface area contributed by atoms with Gasteiger partial charge in [-0.1, -0.05) is 12.7 Å². The van der Waals surface area contributed by atoms with E-state index in [1.807, 2.05) is 0 Å². The van der Waals surface area contributed by atoms with Gasteiger partial charge in [0.1, 0.15) is 13.2 Å². The van der Waals surface area contributed by atoms with Crippen molar-refractivity contribution in [2.24, 2.45) is 0 Å². The lowest BCUT2D eigenvalue weighted by molar-refractivity contribution is -0.137. The number of rotatable bonds is 5. The number of carbonyl (C=O) groups excluding carboxylic acids is 1. The summed E-state index contributed by atoms with van der Waals surface area (Å²) in [6.45, 7) is 3.27. The van der Waals surface area contributed by atoms with Crippen LogP contribution < -0.4 is 5.32 Å². The van der Waals surface area contributed by atoms with Crippen LogP contribution in [0.1, 0.15) is 0 Å². The molecular formula is C9H11N3O4. The number of carboxylic acid groups (broad SMARTS) is 1. The summed E-state index contributed by atoms with van der Waals surface area (Å²) in [6, 6.07) is 0. The third-order valence-corrected chi connectivity index (χ3v) is 1.51. The number of carbonyl (C=O) groups is 2. The fourth-order valence-corrected chi connectivity index (χ4v) is 0.943. The zero-order valence-electron chi connectivity index (χ0n) is 8.42. The Bertz CT molecular complexity index is 399. The summed E-state index contributed by atoms with van der Waals surface area (Å²) < 4.78 is 5.98. The minimum absolute atomic E-state index is 0.0989. The SMILES string of the molecule is C=CCOC(=O)Nc1cn(CC(=O)O)cn1. The highest BCUT2D eigenvalue weighted by Crippen LogP contribution is 2.03. The quantitative estimate of drug-likeness (QED) is 0.719. The molecule has 0 saturated heterocycles. The largest absolute Gasteiger partial charge is 0.480 e. The van der Waals surface area contributed by atoms with Gasteiger partial charge in [-0.25, -0.2) is 9.78 Å². The Labute approximate surface area is 91.4 Å². The van der Waals surface area contributed by atoms with Gasteiger partial charge in [-0.2, -0.15) is 0 Å².